The van der Waals surface area contributed by atoms with Crippen molar-refractivity contribution in [3.8, 4) is 0 Å². The standard InChI is InChI=1S/C11H18N2O/c12-10-5-1-2-6-11(10)13-8-9-4-3-7-14-9/h3-4,7,10-11,13H,1-2,5-6,8,12H2/t10-,11-/m1/s1. The lowest BCUT2D eigenvalue weighted by Crippen LogP contribution is -2.46. The molecule has 1 heterocycles. The van der Waals surface area contributed by atoms with Crippen molar-refractivity contribution >= 4 is 0 Å². The van der Waals surface area contributed by atoms with Gasteiger partial charge in [-0.2, -0.15) is 0 Å². The lowest BCUT2D eigenvalue weighted by molar-refractivity contribution is 0.317. The lowest BCUT2D eigenvalue weighted by atomic mass is 9.91. The Kier molecular flexibility index (Phi) is 3.22. The van der Waals surface area contributed by atoms with Crippen LogP contribution in [-0.4, -0.2) is 12.1 Å². The van der Waals surface area contributed by atoms with E-state index in [1.165, 1.54) is 19.3 Å². The molecule has 0 bridgehead atoms. The predicted octanol–water partition coefficient (Wildman–Crippen LogP) is 1.64. The monoisotopic (exact) mass is 194 g/mol. The molecule has 0 unspecified atom stereocenters. The highest BCUT2D eigenvalue weighted by Gasteiger charge is 2.20. The number of hydrogen-bond donors (Lipinski definition) is 2. The molecule has 78 valence electrons. The second-order valence-electron chi connectivity index (χ2n) is 4.02. The van der Waals surface area contributed by atoms with Gasteiger partial charge in [0.1, 0.15) is 5.76 Å². The summed E-state index contributed by atoms with van der Waals surface area (Å²) in [5, 5.41) is 3.46. The van der Waals surface area contributed by atoms with E-state index in [1.54, 1.807) is 6.26 Å². The fraction of sp³-hybridized carbons (Fsp3) is 0.636. The zero-order valence-electron chi connectivity index (χ0n) is 8.41. The number of nitrogens with two attached hydrogens (primary N) is 1. The van der Waals surface area contributed by atoms with Crippen LogP contribution >= 0.6 is 0 Å². The Morgan fingerprint density at radius 2 is 2.29 bits per heavy atom. The molecule has 2 atom stereocenters. The summed E-state index contributed by atoms with van der Waals surface area (Å²) in [5.74, 6) is 0.989. The zero-order valence-corrected chi connectivity index (χ0v) is 8.41. The molecule has 3 N–H and O–H groups in total. The van der Waals surface area contributed by atoms with Crippen molar-refractivity contribution in [1.82, 2.24) is 5.32 Å². The first-order valence-corrected chi connectivity index (χ1v) is 5.37. The van der Waals surface area contributed by atoms with Crippen molar-refractivity contribution in [1.29, 1.82) is 0 Å². The molecule has 1 fully saturated rings. The van der Waals surface area contributed by atoms with E-state index < -0.39 is 0 Å². The van der Waals surface area contributed by atoms with E-state index in [-0.39, 0.29) is 0 Å². The summed E-state index contributed by atoms with van der Waals surface area (Å²) in [6, 6.07) is 4.69. The fourth-order valence-electron chi connectivity index (χ4n) is 2.06. The molecule has 1 aliphatic carbocycles. The second-order valence-corrected chi connectivity index (χ2v) is 4.02. The molecule has 3 nitrogen and oxygen atoms in total. The second kappa shape index (κ2) is 4.62. The summed E-state index contributed by atoms with van der Waals surface area (Å²) in [5.41, 5.74) is 6.03. The molecule has 1 aromatic rings. The molecule has 1 aromatic heterocycles. The average Bonchev–Trinajstić information content (AvgIpc) is 2.69. The SMILES string of the molecule is N[C@@H]1CCCC[C@H]1NCc1ccco1. The van der Waals surface area contributed by atoms with Crippen molar-refractivity contribution < 1.29 is 4.42 Å². The van der Waals surface area contributed by atoms with E-state index in [4.69, 9.17) is 10.2 Å². The Hall–Kier alpha value is -0.800. The van der Waals surface area contributed by atoms with E-state index in [1.807, 2.05) is 12.1 Å². The van der Waals surface area contributed by atoms with Gasteiger partial charge in [-0.25, -0.2) is 0 Å². The maximum Gasteiger partial charge on any atom is 0.117 e. The van der Waals surface area contributed by atoms with Gasteiger partial charge in [0.15, 0.2) is 0 Å². The first-order valence-electron chi connectivity index (χ1n) is 5.37. The fourth-order valence-corrected chi connectivity index (χ4v) is 2.06. The Balaban J connectivity index is 1.79. The van der Waals surface area contributed by atoms with E-state index in [0.717, 1.165) is 18.7 Å². The van der Waals surface area contributed by atoms with Gasteiger partial charge < -0.3 is 15.5 Å². The molecule has 0 amide bonds. The number of nitrogens with one attached hydrogen (secondary N) is 1. The molecular weight excluding hydrogens is 176 g/mol. The van der Waals surface area contributed by atoms with Crippen LogP contribution in [0.15, 0.2) is 22.8 Å². The molecule has 0 radical (unpaired) electrons. The maximum atomic E-state index is 6.03. The van der Waals surface area contributed by atoms with E-state index in [0.29, 0.717) is 12.1 Å². The third-order valence-corrected chi connectivity index (χ3v) is 2.94. The molecule has 2 rings (SSSR count). The van der Waals surface area contributed by atoms with Crippen LogP contribution < -0.4 is 11.1 Å². The summed E-state index contributed by atoms with van der Waals surface area (Å²) in [6.45, 7) is 0.797. The van der Waals surface area contributed by atoms with Crippen LogP contribution in [0.2, 0.25) is 0 Å². The van der Waals surface area contributed by atoms with Crippen molar-refractivity contribution in [3.63, 3.8) is 0 Å². The minimum atomic E-state index is 0.318. The summed E-state index contributed by atoms with van der Waals surface area (Å²) in [4.78, 5) is 0. The zero-order chi connectivity index (χ0) is 9.80. The Bertz CT molecular complexity index is 258. The van der Waals surface area contributed by atoms with E-state index in [2.05, 4.69) is 5.32 Å². The Labute approximate surface area is 84.7 Å². The van der Waals surface area contributed by atoms with Crippen LogP contribution in [0.5, 0.6) is 0 Å². The average molecular weight is 194 g/mol. The van der Waals surface area contributed by atoms with Gasteiger partial charge >= 0.3 is 0 Å². The van der Waals surface area contributed by atoms with Crippen molar-refractivity contribution in [2.24, 2.45) is 5.73 Å². The normalized spacial score (nSPS) is 27.8. The highest BCUT2D eigenvalue weighted by Crippen LogP contribution is 2.17. The molecule has 0 saturated heterocycles. The van der Waals surface area contributed by atoms with Crippen molar-refractivity contribution in [2.75, 3.05) is 0 Å². The molecule has 0 aromatic carbocycles. The number of hydrogen-bond acceptors (Lipinski definition) is 3. The van der Waals surface area contributed by atoms with Crippen molar-refractivity contribution in [2.45, 2.75) is 44.3 Å². The van der Waals surface area contributed by atoms with Crippen LogP contribution in [0.3, 0.4) is 0 Å². The van der Waals surface area contributed by atoms with Gasteiger partial charge in [0.05, 0.1) is 12.8 Å². The molecule has 1 saturated carbocycles. The summed E-state index contributed by atoms with van der Waals surface area (Å²) < 4.78 is 5.26. The van der Waals surface area contributed by atoms with E-state index in [9.17, 15) is 0 Å². The highest BCUT2D eigenvalue weighted by molar-refractivity contribution is 4.98. The van der Waals surface area contributed by atoms with Gasteiger partial charge in [-0.1, -0.05) is 12.8 Å². The largest absolute Gasteiger partial charge is 0.468 e. The summed E-state index contributed by atoms with van der Waals surface area (Å²) >= 11 is 0. The number of furan rings is 1. The third-order valence-electron chi connectivity index (χ3n) is 2.94. The first kappa shape index (κ1) is 9.74. The third kappa shape index (κ3) is 2.36. The minimum Gasteiger partial charge on any atom is -0.468 e. The van der Waals surface area contributed by atoms with Gasteiger partial charge in [-0.05, 0) is 25.0 Å². The molecule has 14 heavy (non-hydrogen) atoms. The lowest BCUT2D eigenvalue weighted by Gasteiger charge is -2.29. The van der Waals surface area contributed by atoms with Gasteiger partial charge in [-0.15, -0.1) is 0 Å². The van der Waals surface area contributed by atoms with Crippen molar-refractivity contribution in [3.05, 3.63) is 24.2 Å². The van der Waals surface area contributed by atoms with Crippen LogP contribution in [-0.2, 0) is 6.54 Å². The van der Waals surface area contributed by atoms with Crippen LogP contribution in [0.25, 0.3) is 0 Å². The quantitative estimate of drug-likeness (QED) is 0.769. The number of rotatable bonds is 3. The molecule has 1 aliphatic rings. The van der Waals surface area contributed by atoms with Gasteiger partial charge in [0.2, 0.25) is 0 Å². The molecular formula is C11H18N2O. The smallest absolute Gasteiger partial charge is 0.117 e. The summed E-state index contributed by atoms with van der Waals surface area (Å²) in [7, 11) is 0. The van der Waals surface area contributed by atoms with Gasteiger partial charge in [0.25, 0.3) is 0 Å². The first-order chi connectivity index (χ1) is 6.86. The summed E-state index contributed by atoms with van der Waals surface area (Å²) in [6.07, 6.45) is 6.62. The van der Waals surface area contributed by atoms with Crippen LogP contribution in [0, 0.1) is 0 Å². The van der Waals surface area contributed by atoms with Gasteiger partial charge in [0, 0.05) is 12.1 Å². The van der Waals surface area contributed by atoms with Gasteiger partial charge in [-0.3, -0.25) is 0 Å². The van der Waals surface area contributed by atoms with Crippen LogP contribution in [0.1, 0.15) is 31.4 Å². The molecule has 0 spiro atoms. The minimum absolute atomic E-state index is 0.318. The molecule has 0 aliphatic heterocycles. The van der Waals surface area contributed by atoms with Crippen LogP contribution in [0.4, 0.5) is 0 Å². The maximum absolute atomic E-state index is 6.03. The highest BCUT2D eigenvalue weighted by atomic mass is 16.3. The Morgan fingerprint density at radius 3 is 3.00 bits per heavy atom. The topological polar surface area (TPSA) is 51.2 Å². The predicted molar refractivity (Wildman–Crippen MR) is 55.8 cm³/mol. The van der Waals surface area contributed by atoms with E-state index >= 15 is 0 Å². The Morgan fingerprint density at radius 1 is 1.43 bits per heavy atom. The molecule has 3 heteroatoms.